The first-order valence-corrected chi connectivity index (χ1v) is 6.83. The molecule has 0 aliphatic carbocycles. The first-order chi connectivity index (χ1) is 11.3. The zero-order valence-corrected chi connectivity index (χ0v) is 12.6. The molecule has 0 fully saturated rings. The first-order valence-electron chi connectivity index (χ1n) is 6.83. The van der Waals surface area contributed by atoms with Crippen molar-refractivity contribution in [2.75, 3.05) is 7.11 Å². The number of ketones is 1. The predicted octanol–water partition coefficient (Wildman–Crippen LogP) is 4.50. The van der Waals surface area contributed by atoms with Crippen molar-refractivity contribution in [3.63, 3.8) is 0 Å². The van der Waals surface area contributed by atoms with Gasteiger partial charge < -0.3 is 4.74 Å². The van der Waals surface area contributed by atoms with Crippen molar-refractivity contribution < 1.29 is 22.7 Å². The summed E-state index contributed by atoms with van der Waals surface area (Å²) in [6, 6.07) is 12.3. The van der Waals surface area contributed by atoms with Crippen LogP contribution in [-0.4, -0.2) is 12.9 Å². The number of benzene rings is 2. The van der Waals surface area contributed by atoms with Crippen molar-refractivity contribution in [2.45, 2.75) is 6.18 Å². The number of nitriles is 1. The molecule has 24 heavy (non-hydrogen) atoms. The molecule has 0 aliphatic rings. The Morgan fingerprint density at radius 1 is 1.17 bits per heavy atom. The largest absolute Gasteiger partial charge is 0.497 e. The fourth-order valence-electron chi connectivity index (χ4n) is 2.02. The van der Waals surface area contributed by atoms with Crippen LogP contribution in [-0.2, 0) is 6.18 Å². The van der Waals surface area contributed by atoms with Gasteiger partial charge >= 0.3 is 6.18 Å². The van der Waals surface area contributed by atoms with Crippen molar-refractivity contribution in [3.05, 3.63) is 70.8 Å². The number of alkyl halides is 3. The molecule has 0 radical (unpaired) electrons. The number of hydrogen-bond donors (Lipinski definition) is 0. The minimum Gasteiger partial charge on any atom is -0.497 e. The first kappa shape index (κ1) is 17.3. The van der Waals surface area contributed by atoms with E-state index in [0.717, 1.165) is 18.2 Å². The molecule has 0 unspecified atom stereocenters. The number of halogens is 3. The van der Waals surface area contributed by atoms with E-state index >= 15 is 0 Å². The summed E-state index contributed by atoms with van der Waals surface area (Å²) in [7, 11) is 1.48. The quantitative estimate of drug-likeness (QED) is 0.471. The zero-order chi connectivity index (χ0) is 17.7. The molecular formula is C18H12F3NO2. The monoisotopic (exact) mass is 331 g/mol. The van der Waals surface area contributed by atoms with Crippen LogP contribution in [0.4, 0.5) is 13.2 Å². The normalized spacial score (nSPS) is 11.7. The van der Waals surface area contributed by atoms with Gasteiger partial charge in [-0.3, -0.25) is 4.79 Å². The third-order valence-electron chi connectivity index (χ3n) is 3.24. The Kier molecular flexibility index (Phi) is 5.05. The Balaban J connectivity index is 2.35. The van der Waals surface area contributed by atoms with Crippen LogP contribution in [0, 0.1) is 11.3 Å². The van der Waals surface area contributed by atoms with E-state index in [9.17, 15) is 18.0 Å². The molecule has 6 heteroatoms. The summed E-state index contributed by atoms with van der Waals surface area (Å²) in [6.45, 7) is 0. The van der Waals surface area contributed by atoms with Crippen LogP contribution in [0.1, 0.15) is 21.5 Å². The highest BCUT2D eigenvalue weighted by atomic mass is 19.4. The minimum absolute atomic E-state index is 0.128. The van der Waals surface area contributed by atoms with Gasteiger partial charge in [-0.2, -0.15) is 18.4 Å². The molecule has 122 valence electrons. The average Bonchev–Trinajstić information content (AvgIpc) is 2.58. The van der Waals surface area contributed by atoms with Crippen LogP contribution in [0.15, 0.2) is 54.1 Å². The van der Waals surface area contributed by atoms with Crippen LogP contribution < -0.4 is 4.74 Å². The van der Waals surface area contributed by atoms with Gasteiger partial charge in [0.15, 0.2) is 0 Å². The second-order valence-corrected chi connectivity index (χ2v) is 4.85. The smallest absolute Gasteiger partial charge is 0.416 e. The van der Waals surface area contributed by atoms with Gasteiger partial charge in [-0.25, -0.2) is 0 Å². The van der Waals surface area contributed by atoms with E-state index < -0.39 is 17.5 Å². The molecule has 3 nitrogen and oxygen atoms in total. The summed E-state index contributed by atoms with van der Waals surface area (Å²) in [4.78, 5) is 12.3. The molecule has 0 bridgehead atoms. The highest BCUT2D eigenvalue weighted by Crippen LogP contribution is 2.30. The Morgan fingerprint density at radius 3 is 2.38 bits per heavy atom. The van der Waals surface area contributed by atoms with E-state index in [1.54, 1.807) is 18.2 Å². The zero-order valence-electron chi connectivity index (χ0n) is 12.6. The second-order valence-electron chi connectivity index (χ2n) is 4.85. The summed E-state index contributed by atoms with van der Waals surface area (Å²) in [6.07, 6.45) is -3.35. The molecule has 0 spiro atoms. The number of hydrogen-bond acceptors (Lipinski definition) is 3. The Labute approximate surface area is 136 Å². The molecule has 0 aliphatic heterocycles. The molecule has 2 aromatic rings. The second kappa shape index (κ2) is 7.01. The van der Waals surface area contributed by atoms with Crippen LogP contribution in [0.3, 0.4) is 0 Å². The van der Waals surface area contributed by atoms with Crippen molar-refractivity contribution in [1.82, 2.24) is 0 Å². The Hall–Kier alpha value is -3.07. The number of allylic oxidation sites excluding steroid dienone is 1. The van der Waals surface area contributed by atoms with Crippen molar-refractivity contribution in [3.8, 4) is 11.8 Å². The number of carbonyl (C=O) groups excluding carboxylic acids is 1. The maximum atomic E-state index is 12.7. The maximum absolute atomic E-state index is 12.7. The molecule has 0 aromatic heterocycles. The van der Waals surface area contributed by atoms with Gasteiger partial charge in [0.05, 0.1) is 12.7 Å². The van der Waals surface area contributed by atoms with Gasteiger partial charge in [-0.05, 0) is 48.0 Å². The number of ether oxygens (including phenoxy) is 1. The summed E-state index contributed by atoms with van der Waals surface area (Å²) in [5.74, 6) is -0.0236. The lowest BCUT2D eigenvalue weighted by atomic mass is 10.0. The Bertz CT molecular complexity index is 815. The topological polar surface area (TPSA) is 50.1 Å². The van der Waals surface area contributed by atoms with Crippen LogP contribution in [0.2, 0.25) is 0 Å². The predicted molar refractivity (Wildman–Crippen MR) is 82.4 cm³/mol. The third kappa shape index (κ3) is 4.02. The maximum Gasteiger partial charge on any atom is 0.416 e. The molecule has 0 N–H and O–H groups in total. The fourth-order valence-corrected chi connectivity index (χ4v) is 2.02. The van der Waals surface area contributed by atoms with Gasteiger partial charge in [0, 0.05) is 5.56 Å². The number of nitrogens with zero attached hydrogens (tertiary/aromatic N) is 1. The third-order valence-corrected chi connectivity index (χ3v) is 3.24. The van der Waals surface area contributed by atoms with E-state index in [2.05, 4.69) is 0 Å². The van der Waals surface area contributed by atoms with Crippen LogP contribution in [0.25, 0.3) is 6.08 Å². The molecule has 0 amide bonds. The number of methoxy groups -OCH3 is 1. The lowest BCUT2D eigenvalue weighted by Crippen LogP contribution is -2.05. The van der Waals surface area contributed by atoms with Crippen LogP contribution >= 0.6 is 0 Å². The summed E-state index contributed by atoms with van der Waals surface area (Å²) in [5, 5.41) is 9.16. The summed E-state index contributed by atoms with van der Waals surface area (Å²) in [5.41, 5.74) is -0.719. The summed E-state index contributed by atoms with van der Waals surface area (Å²) >= 11 is 0. The Morgan fingerprint density at radius 2 is 1.83 bits per heavy atom. The molecule has 2 rings (SSSR count). The van der Waals surface area contributed by atoms with E-state index in [1.165, 1.54) is 31.4 Å². The highest BCUT2D eigenvalue weighted by molar-refractivity contribution is 6.14. The van der Waals surface area contributed by atoms with E-state index in [1.807, 2.05) is 0 Å². The standard InChI is InChI=1S/C18H12F3NO2/c1-24-16-7-5-13(6-8-16)17(23)14(11-22)9-12-3-2-4-15(10-12)18(19,20)21/h2-10H,1H3. The lowest BCUT2D eigenvalue weighted by Gasteiger charge is -2.07. The molecule has 0 saturated carbocycles. The highest BCUT2D eigenvalue weighted by Gasteiger charge is 2.30. The van der Waals surface area contributed by atoms with Gasteiger partial charge in [0.25, 0.3) is 0 Å². The summed E-state index contributed by atoms with van der Waals surface area (Å²) < 4.78 is 43.1. The van der Waals surface area contributed by atoms with Crippen molar-refractivity contribution in [2.24, 2.45) is 0 Å². The van der Waals surface area contributed by atoms with Gasteiger partial charge in [0.2, 0.25) is 5.78 Å². The number of rotatable bonds is 4. The number of Topliss-reactive ketones (excluding diaryl/α,β-unsaturated/α-hetero) is 1. The lowest BCUT2D eigenvalue weighted by molar-refractivity contribution is -0.137. The van der Waals surface area contributed by atoms with Crippen molar-refractivity contribution in [1.29, 1.82) is 5.26 Å². The van der Waals surface area contributed by atoms with Crippen LogP contribution in [0.5, 0.6) is 5.75 Å². The molecular weight excluding hydrogens is 319 g/mol. The molecule has 0 heterocycles. The van der Waals surface area contributed by atoms with Gasteiger partial charge in [-0.15, -0.1) is 0 Å². The molecule has 2 aromatic carbocycles. The van der Waals surface area contributed by atoms with Gasteiger partial charge in [-0.1, -0.05) is 12.1 Å². The van der Waals surface area contributed by atoms with Crippen molar-refractivity contribution >= 4 is 11.9 Å². The average molecular weight is 331 g/mol. The minimum atomic E-state index is -4.49. The molecule has 0 saturated heterocycles. The SMILES string of the molecule is COc1ccc(C(=O)C(C#N)=Cc2cccc(C(F)(F)F)c2)cc1. The van der Waals surface area contributed by atoms with E-state index in [0.29, 0.717) is 5.75 Å². The molecule has 0 atom stereocenters. The van der Waals surface area contributed by atoms with E-state index in [4.69, 9.17) is 10.00 Å². The van der Waals surface area contributed by atoms with E-state index in [-0.39, 0.29) is 16.7 Å². The fraction of sp³-hybridized carbons (Fsp3) is 0.111. The number of carbonyl (C=O) groups is 1. The van der Waals surface area contributed by atoms with Gasteiger partial charge in [0.1, 0.15) is 17.4 Å².